The molecule has 0 atom stereocenters. The van der Waals surface area contributed by atoms with Crippen molar-refractivity contribution in [3.63, 3.8) is 0 Å². The first-order valence-electron chi connectivity index (χ1n) is 8.05. The van der Waals surface area contributed by atoms with Crippen molar-refractivity contribution in [1.29, 1.82) is 0 Å². The Kier molecular flexibility index (Phi) is 4.76. The Morgan fingerprint density at radius 1 is 0.708 bits per heavy atom. The van der Waals surface area contributed by atoms with Crippen LogP contribution in [0.3, 0.4) is 0 Å². The average molecular weight is 315 g/mol. The number of carbonyl (C=O) groups excluding carboxylic acids is 1. The Labute approximate surface area is 142 Å². The third-order valence-electron chi connectivity index (χ3n) is 4.45. The Hall–Kier alpha value is -2.87. The van der Waals surface area contributed by atoms with Crippen molar-refractivity contribution in [2.24, 2.45) is 0 Å². The maximum Gasteiger partial charge on any atom is 0.0426 e. The monoisotopic (exact) mass is 315 g/mol. The Morgan fingerprint density at radius 3 is 1.54 bits per heavy atom. The van der Waals surface area contributed by atoms with Crippen LogP contribution in [0.1, 0.15) is 23.1 Å². The van der Waals surface area contributed by atoms with Gasteiger partial charge in [-0.25, -0.2) is 0 Å². The zero-order chi connectivity index (χ0) is 16.8. The van der Waals surface area contributed by atoms with E-state index in [9.17, 15) is 9.90 Å². The summed E-state index contributed by atoms with van der Waals surface area (Å²) in [5.74, 6) is -1.04. The van der Waals surface area contributed by atoms with E-state index in [1.807, 2.05) is 91.0 Å². The summed E-state index contributed by atoms with van der Waals surface area (Å²) in [6.07, 6.45) is 0.547. The van der Waals surface area contributed by atoms with Crippen LogP contribution in [0.4, 0.5) is 0 Å². The number of rotatable bonds is 6. The van der Waals surface area contributed by atoms with Gasteiger partial charge in [-0.1, -0.05) is 91.0 Å². The quantitative estimate of drug-likeness (QED) is 0.700. The van der Waals surface area contributed by atoms with Crippen molar-refractivity contribution in [3.05, 3.63) is 108 Å². The van der Waals surface area contributed by atoms with Crippen LogP contribution in [-0.4, -0.2) is 5.97 Å². The van der Waals surface area contributed by atoms with Crippen LogP contribution in [0, 0.1) is 0 Å². The lowest BCUT2D eigenvalue weighted by Crippen LogP contribution is -2.38. The van der Waals surface area contributed by atoms with Crippen molar-refractivity contribution in [2.45, 2.75) is 18.3 Å². The van der Waals surface area contributed by atoms with Gasteiger partial charge in [-0.15, -0.1) is 0 Å². The van der Waals surface area contributed by atoms with Gasteiger partial charge < -0.3 is 9.90 Å². The van der Waals surface area contributed by atoms with E-state index in [1.165, 1.54) is 0 Å². The van der Waals surface area contributed by atoms with Crippen LogP contribution in [-0.2, 0) is 16.6 Å². The van der Waals surface area contributed by atoms with Gasteiger partial charge in [0.1, 0.15) is 0 Å². The molecule has 24 heavy (non-hydrogen) atoms. The van der Waals surface area contributed by atoms with E-state index in [2.05, 4.69) is 0 Å². The second-order valence-electron chi connectivity index (χ2n) is 6.03. The maximum atomic E-state index is 11.6. The van der Waals surface area contributed by atoms with E-state index in [0.717, 1.165) is 16.7 Å². The van der Waals surface area contributed by atoms with E-state index >= 15 is 0 Å². The van der Waals surface area contributed by atoms with Gasteiger partial charge in [0.15, 0.2) is 0 Å². The zero-order valence-corrected chi connectivity index (χ0v) is 13.4. The summed E-state index contributed by atoms with van der Waals surface area (Å²) in [5, 5.41) is 11.6. The number of carboxylic acid groups (broad SMARTS) is 1. The summed E-state index contributed by atoms with van der Waals surface area (Å²) in [7, 11) is 0. The van der Waals surface area contributed by atoms with Crippen molar-refractivity contribution in [2.75, 3.05) is 0 Å². The topological polar surface area (TPSA) is 40.1 Å². The maximum absolute atomic E-state index is 11.6. The second kappa shape index (κ2) is 7.14. The molecule has 0 unspecified atom stereocenters. The molecule has 0 amide bonds. The summed E-state index contributed by atoms with van der Waals surface area (Å²) in [6.45, 7) is 0. The largest absolute Gasteiger partial charge is 0.550 e. The van der Waals surface area contributed by atoms with Crippen molar-refractivity contribution in [1.82, 2.24) is 0 Å². The smallest absolute Gasteiger partial charge is 0.0426 e. The van der Waals surface area contributed by atoms with Gasteiger partial charge in [-0.05, 0) is 23.1 Å². The minimum Gasteiger partial charge on any atom is -0.550 e. The molecule has 0 bridgehead atoms. The van der Waals surface area contributed by atoms with Crippen LogP contribution < -0.4 is 5.11 Å². The summed E-state index contributed by atoms with van der Waals surface area (Å²) < 4.78 is 0. The van der Waals surface area contributed by atoms with E-state index in [0.29, 0.717) is 6.42 Å². The van der Waals surface area contributed by atoms with Crippen molar-refractivity contribution in [3.8, 4) is 0 Å². The lowest BCUT2D eigenvalue weighted by Gasteiger charge is -2.36. The first kappa shape index (κ1) is 16.0. The standard InChI is InChI=1S/C22H20O2/c23-21(24)17-22(19-12-6-2-7-13-19,20-14-8-3-9-15-20)16-18-10-4-1-5-11-18/h1-15H,16-17H2,(H,23,24)/p-1. The van der Waals surface area contributed by atoms with Crippen molar-refractivity contribution < 1.29 is 9.90 Å². The van der Waals surface area contributed by atoms with Crippen LogP contribution in [0.2, 0.25) is 0 Å². The number of hydrogen-bond acceptors (Lipinski definition) is 2. The van der Waals surface area contributed by atoms with Gasteiger partial charge in [0.25, 0.3) is 0 Å². The molecule has 0 heterocycles. The molecule has 2 nitrogen and oxygen atoms in total. The molecule has 0 radical (unpaired) electrons. The summed E-state index contributed by atoms with van der Waals surface area (Å²) in [6, 6.07) is 29.7. The molecule has 0 saturated carbocycles. The van der Waals surface area contributed by atoms with Crippen LogP contribution in [0.15, 0.2) is 91.0 Å². The molecule has 3 aromatic carbocycles. The Morgan fingerprint density at radius 2 is 1.12 bits per heavy atom. The fourth-order valence-electron chi connectivity index (χ4n) is 3.34. The van der Waals surface area contributed by atoms with Crippen molar-refractivity contribution >= 4 is 5.97 Å². The van der Waals surface area contributed by atoms with Crippen LogP contribution in [0.5, 0.6) is 0 Å². The van der Waals surface area contributed by atoms with Crippen LogP contribution in [0.25, 0.3) is 0 Å². The fraction of sp³-hybridized carbons (Fsp3) is 0.136. The minimum absolute atomic E-state index is 0.0596. The Bertz CT molecular complexity index is 740. The highest BCUT2D eigenvalue weighted by molar-refractivity contribution is 5.69. The first-order chi connectivity index (χ1) is 11.7. The SMILES string of the molecule is O=C([O-])CC(Cc1ccccc1)(c1ccccc1)c1ccccc1. The van der Waals surface area contributed by atoms with Crippen LogP contribution >= 0.6 is 0 Å². The van der Waals surface area contributed by atoms with E-state index in [-0.39, 0.29) is 6.42 Å². The van der Waals surface area contributed by atoms with Gasteiger partial charge in [-0.2, -0.15) is 0 Å². The highest BCUT2D eigenvalue weighted by atomic mass is 16.4. The number of aliphatic carboxylic acids is 1. The predicted molar refractivity (Wildman–Crippen MR) is 93.4 cm³/mol. The molecule has 0 fully saturated rings. The Balaban J connectivity index is 2.18. The molecule has 0 aliphatic rings. The highest BCUT2D eigenvalue weighted by Crippen LogP contribution is 2.38. The zero-order valence-electron chi connectivity index (χ0n) is 13.4. The van der Waals surface area contributed by atoms with E-state index < -0.39 is 11.4 Å². The van der Waals surface area contributed by atoms with E-state index in [4.69, 9.17) is 0 Å². The second-order valence-corrected chi connectivity index (χ2v) is 6.03. The number of hydrogen-bond donors (Lipinski definition) is 0. The minimum atomic E-state index is -1.04. The molecule has 0 N–H and O–H groups in total. The predicted octanol–water partition coefficient (Wildman–Crippen LogP) is 3.36. The number of carbonyl (C=O) groups is 1. The lowest BCUT2D eigenvalue weighted by atomic mass is 9.68. The summed E-state index contributed by atoms with van der Waals surface area (Å²) in [4.78, 5) is 11.6. The molecule has 120 valence electrons. The molecule has 0 aliphatic heterocycles. The fourth-order valence-corrected chi connectivity index (χ4v) is 3.34. The third kappa shape index (κ3) is 3.38. The van der Waals surface area contributed by atoms with Gasteiger partial charge in [0, 0.05) is 17.8 Å². The van der Waals surface area contributed by atoms with E-state index in [1.54, 1.807) is 0 Å². The normalized spacial score (nSPS) is 11.2. The first-order valence-corrected chi connectivity index (χ1v) is 8.05. The molecule has 0 aliphatic carbocycles. The van der Waals surface area contributed by atoms with Gasteiger partial charge in [0.05, 0.1) is 0 Å². The van der Waals surface area contributed by atoms with Gasteiger partial charge in [-0.3, -0.25) is 0 Å². The number of benzene rings is 3. The molecule has 0 aromatic heterocycles. The molecule has 3 rings (SSSR count). The molecule has 3 aromatic rings. The molecule has 0 saturated heterocycles. The highest BCUT2D eigenvalue weighted by Gasteiger charge is 2.34. The molecular formula is C22H19O2-. The molecular weight excluding hydrogens is 296 g/mol. The van der Waals surface area contributed by atoms with Gasteiger partial charge in [0.2, 0.25) is 0 Å². The average Bonchev–Trinajstić information content (AvgIpc) is 2.63. The summed E-state index contributed by atoms with van der Waals surface area (Å²) >= 11 is 0. The van der Waals surface area contributed by atoms with Gasteiger partial charge >= 0.3 is 0 Å². The lowest BCUT2D eigenvalue weighted by molar-refractivity contribution is -0.306. The summed E-state index contributed by atoms with van der Waals surface area (Å²) in [5.41, 5.74) is 2.43. The molecule has 2 heteroatoms. The third-order valence-corrected chi connectivity index (χ3v) is 4.45. The molecule has 0 spiro atoms. The number of carboxylic acids is 1.